The van der Waals surface area contributed by atoms with Crippen molar-refractivity contribution in [2.24, 2.45) is 0 Å². The first-order valence-corrected chi connectivity index (χ1v) is 7.96. The smallest absolute Gasteiger partial charge is 0.0253 e. The van der Waals surface area contributed by atoms with E-state index >= 15 is 0 Å². The molecule has 0 radical (unpaired) electrons. The molecule has 0 saturated carbocycles. The van der Waals surface area contributed by atoms with Crippen molar-refractivity contribution in [1.29, 1.82) is 0 Å². The van der Waals surface area contributed by atoms with Crippen LogP contribution in [-0.2, 0) is 0 Å². The highest BCUT2D eigenvalue weighted by atomic mass is 79.9. The third-order valence-corrected chi connectivity index (χ3v) is 5.21. The minimum Gasteiger partial charge on any atom is -0.0616 e. The first-order chi connectivity index (χ1) is 10.2. The van der Waals surface area contributed by atoms with Crippen molar-refractivity contribution in [2.45, 2.75) is 13.8 Å². The predicted octanol–water partition coefficient (Wildman–Crippen LogP) is 6.53. The van der Waals surface area contributed by atoms with Crippen molar-refractivity contribution >= 4 is 48.2 Å². The summed E-state index contributed by atoms with van der Waals surface area (Å²) in [5, 5.41) is 8.06. The largest absolute Gasteiger partial charge is 0.0616 e. The van der Waals surface area contributed by atoms with Crippen LogP contribution >= 0.6 is 15.9 Å². The Balaban J connectivity index is 2.37. The molecule has 0 saturated heterocycles. The van der Waals surface area contributed by atoms with E-state index in [2.05, 4.69) is 84.4 Å². The molecular weight excluding hydrogens is 320 g/mol. The SMILES string of the molecule is Cc1c2ccccc2c(C)c2c1ccc1c(Br)cccc12. The second kappa shape index (κ2) is 4.57. The van der Waals surface area contributed by atoms with E-state index in [0.29, 0.717) is 0 Å². The zero-order chi connectivity index (χ0) is 14.6. The fourth-order valence-electron chi connectivity index (χ4n) is 3.45. The summed E-state index contributed by atoms with van der Waals surface area (Å²) in [6.45, 7) is 4.47. The minimum absolute atomic E-state index is 1.16. The molecule has 0 aliphatic carbocycles. The van der Waals surface area contributed by atoms with Gasteiger partial charge in [-0.15, -0.1) is 0 Å². The van der Waals surface area contributed by atoms with Gasteiger partial charge in [-0.3, -0.25) is 0 Å². The second-order valence-corrected chi connectivity index (χ2v) is 6.47. The van der Waals surface area contributed by atoms with Crippen LogP contribution in [0.5, 0.6) is 0 Å². The lowest BCUT2D eigenvalue weighted by Gasteiger charge is -2.14. The van der Waals surface area contributed by atoms with Crippen LogP contribution in [-0.4, -0.2) is 0 Å². The van der Waals surface area contributed by atoms with Gasteiger partial charge in [0.1, 0.15) is 0 Å². The number of rotatable bonds is 0. The van der Waals surface area contributed by atoms with Gasteiger partial charge in [0.2, 0.25) is 0 Å². The highest BCUT2D eigenvalue weighted by Crippen LogP contribution is 2.37. The van der Waals surface area contributed by atoms with E-state index in [-0.39, 0.29) is 0 Å². The summed E-state index contributed by atoms with van der Waals surface area (Å²) in [4.78, 5) is 0. The number of aryl methyl sites for hydroxylation is 2. The Morgan fingerprint density at radius 3 is 1.95 bits per heavy atom. The Hall–Kier alpha value is -1.86. The summed E-state index contributed by atoms with van der Waals surface area (Å²) >= 11 is 3.68. The standard InChI is InChI=1S/C20H15Br/c1-12-14-6-3-4-7-15(14)13(2)20-16(12)10-11-17-18(20)8-5-9-19(17)21/h3-11H,1-2H3. The van der Waals surface area contributed by atoms with E-state index in [4.69, 9.17) is 0 Å². The summed E-state index contributed by atoms with van der Waals surface area (Å²) in [7, 11) is 0. The van der Waals surface area contributed by atoms with Crippen LogP contribution in [0.2, 0.25) is 0 Å². The Morgan fingerprint density at radius 2 is 1.19 bits per heavy atom. The van der Waals surface area contributed by atoms with Gasteiger partial charge in [0.15, 0.2) is 0 Å². The Kier molecular flexibility index (Phi) is 2.80. The molecule has 102 valence electrons. The van der Waals surface area contributed by atoms with Crippen LogP contribution in [0, 0.1) is 13.8 Å². The third-order valence-electron chi connectivity index (χ3n) is 4.52. The first kappa shape index (κ1) is 12.8. The molecule has 0 atom stereocenters. The lowest BCUT2D eigenvalue weighted by atomic mass is 9.90. The Bertz CT molecular complexity index is 1010. The van der Waals surface area contributed by atoms with E-state index in [1.54, 1.807) is 0 Å². The monoisotopic (exact) mass is 334 g/mol. The highest BCUT2D eigenvalue weighted by molar-refractivity contribution is 9.10. The molecule has 0 amide bonds. The maximum atomic E-state index is 3.68. The van der Waals surface area contributed by atoms with Crippen molar-refractivity contribution in [3.63, 3.8) is 0 Å². The van der Waals surface area contributed by atoms with Gasteiger partial charge in [-0.05, 0) is 63.4 Å². The zero-order valence-electron chi connectivity index (χ0n) is 12.1. The van der Waals surface area contributed by atoms with Crippen molar-refractivity contribution in [1.82, 2.24) is 0 Å². The van der Waals surface area contributed by atoms with E-state index in [1.165, 1.54) is 43.4 Å². The Morgan fingerprint density at radius 1 is 0.571 bits per heavy atom. The molecular formula is C20H15Br. The Labute approximate surface area is 132 Å². The van der Waals surface area contributed by atoms with Crippen LogP contribution in [0.4, 0.5) is 0 Å². The van der Waals surface area contributed by atoms with Gasteiger partial charge in [-0.1, -0.05) is 64.5 Å². The summed E-state index contributed by atoms with van der Waals surface area (Å²) in [5.74, 6) is 0. The molecule has 1 heteroatoms. The molecule has 0 fully saturated rings. The fraction of sp³-hybridized carbons (Fsp3) is 0.100. The summed E-state index contributed by atoms with van der Waals surface area (Å²) in [6.07, 6.45) is 0. The van der Waals surface area contributed by atoms with Gasteiger partial charge in [0.25, 0.3) is 0 Å². The maximum absolute atomic E-state index is 3.68. The van der Waals surface area contributed by atoms with Gasteiger partial charge in [-0.25, -0.2) is 0 Å². The topological polar surface area (TPSA) is 0 Å². The van der Waals surface area contributed by atoms with Crippen LogP contribution in [0.25, 0.3) is 32.3 Å². The van der Waals surface area contributed by atoms with Crippen LogP contribution < -0.4 is 0 Å². The fourth-order valence-corrected chi connectivity index (χ4v) is 3.95. The highest BCUT2D eigenvalue weighted by Gasteiger charge is 2.11. The molecule has 4 aromatic rings. The first-order valence-electron chi connectivity index (χ1n) is 7.17. The third kappa shape index (κ3) is 1.74. The average Bonchev–Trinajstić information content (AvgIpc) is 2.52. The van der Waals surface area contributed by atoms with Crippen molar-refractivity contribution < 1.29 is 0 Å². The number of fused-ring (bicyclic) bond motifs is 4. The van der Waals surface area contributed by atoms with E-state index in [0.717, 1.165) is 4.47 Å². The van der Waals surface area contributed by atoms with E-state index in [9.17, 15) is 0 Å². The van der Waals surface area contributed by atoms with Gasteiger partial charge in [0, 0.05) is 4.47 Å². The normalized spacial score (nSPS) is 11.6. The van der Waals surface area contributed by atoms with Gasteiger partial charge >= 0.3 is 0 Å². The van der Waals surface area contributed by atoms with Crippen molar-refractivity contribution in [3.05, 3.63) is 70.2 Å². The quantitative estimate of drug-likeness (QED) is 0.253. The molecule has 0 N–H and O–H groups in total. The number of halogens is 1. The molecule has 4 aromatic carbocycles. The number of hydrogen-bond acceptors (Lipinski definition) is 0. The maximum Gasteiger partial charge on any atom is 0.0253 e. The molecule has 4 rings (SSSR count). The molecule has 0 unspecified atom stereocenters. The molecule has 0 aliphatic heterocycles. The van der Waals surface area contributed by atoms with Crippen LogP contribution in [0.3, 0.4) is 0 Å². The summed E-state index contributed by atoms with van der Waals surface area (Å²) in [6, 6.07) is 19.6. The molecule has 0 spiro atoms. The second-order valence-electron chi connectivity index (χ2n) is 5.62. The molecule has 0 nitrogen and oxygen atoms in total. The summed E-state index contributed by atoms with van der Waals surface area (Å²) in [5.41, 5.74) is 2.74. The minimum atomic E-state index is 1.16. The van der Waals surface area contributed by atoms with Gasteiger partial charge in [-0.2, -0.15) is 0 Å². The van der Waals surface area contributed by atoms with E-state index < -0.39 is 0 Å². The average molecular weight is 335 g/mol. The molecule has 0 bridgehead atoms. The number of hydrogen-bond donors (Lipinski definition) is 0. The van der Waals surface area contributed by atoms with Crippen LogP contribution in [0.15, 0.2) is 59.1 Å². The summed E-state index contributed by atoms with van der Waals surface area (Å²) < 4.78 is 1.16. The van der Waals surface area contributed by atoms with Crippen molar-refractivity contribution in [2.75, 3.05) is 0 Å². The van der Waals surface area contributed by atoms with Crippen molar-refractivity contribution in [3.8, 4) is 0 Å². The zero-order valence-corrected chi connectivity index (χ0v) is 13.7. The molecule has 21 heavy (non-hydrogen) atoms. The van der Waals surface area contributed by atoms with E-state index in [1.807, 2.05) is 0 Å². The molecule has 0 aromatic heterocycles. The molecule has 0 heterocycles. The van der Waals surface area contributed by atoms with Gasteiger partial charge in [0.05, 0.1) is 0 Å². The lowest BCUT2D eigenvalue weighted by Crippen LogP contribution is -1.89. The molecule has 0 aliphatic rings. The van der Waals surface area contributed by atoms with Crippen LogP contribution in [0.1, 0.15) is 11.1 Å². The van der Waals surface area contributed by atoms with Gasteiger partial charge < -0.3 is 0 Å². The lowest BCUT2D eigenvalue weighted by molar-refractivity contribution is 1.53. The number of benzene rings is 4. The predicted molar refractivity (Wildman–Crippen MR) is 96.1 cm³/mol.